The second-order valence-electron chi connectivity index (χ2n) is 7.01. The number of hydrogen-bond acceptors (Lipinski definition) is 4. The first-order chi connectivity index (χ1) is 12.1. The highest BCUT2D eigenvalue weighted by Crippen LogP contribution is 2.49. The van der Waals surface area contributed by atoms with Crippen LogP contribution in [0.2, 0.25) is 0 Å². The zero-order valence-corrected chi connectivity index (χ0v) is 17.0. The number of rotatable bonds is 15. The molecule has 0 spiro atoms. The molecular formula is C18H34O7S. The van der Waals surface area contributed by atoms with Crippen molar-refractivity contribution in [2.75, 3.05) is 0 Å². The van der Waals surface area contributed by atoms with Crippen molar-refractivity contribution in [3.8, 4) is 0 Å². The van der Waals surface area contributed by atoms with Gasteiger partial charge in [0, 0.05) is 0 Å². The average Bonchev–Trinajstić information content (AvgIpc) is 2.54. The summed E-state index contributed by atoms with van der Waals surface area (Å²) in [6.45, 7) is 5.60. The summed E-state index contributed by atoms with van der Waals surface area (Å²) in [4.78, 5) is 24.5. The number of hydrogen-bond donors (Lipinski definition) is 3. The molecule has 7 nitrogen and oxygen atoms in total. The van der Waals surface area contributed by atoms with Gasteiger partial charge < -0.3 is 10.2 Å². The predicted molar refractivity (Wildman–Crippen MR) is 99.8 cm³/mol. The average molecular weight is 395 g/mol. The molecule has 0 aliphatic carbocycles. The maximum absolute atomic E-state index is 12.3. The van der Waals surface area contributed by atoms with Gasteiger partial charge in [-0.3, -0.25) is 14.1 Å². The van der Waals surface area contributed by atoms with Gasteiger partial charge in [-0.1, -0.05) is 72.1 Å². The van der Waals surface area contributed by atoms with Crippen molar-refractivity contribution in [1.29, 1.82) is 0 Å². The van der Waals surface area contributed by atoms with Crippen molar-refractivity contribution in [2.24, 2.45) is 5.41 Å². The second-order valence-corrected chi connectivity index (χ2v) is 8.66. The van der Waals surface area contributed by atoms with E-state index in [0.29, 0.717) is 32.1 Å². The smallest absolute Gasteiger partial charge is 0.328 e. The van der Waals surface area contributed by atoms with Gasteiger partial charge in [-0.25, -0.2) is 0 Å². The number of aliphatic carboxylic acids is 2. The third-order valence-electron chi connectivity index (χ3n) is 5.26. The van der Waals surface area contributed by atoms with Crippen LogP contribution in [-0.2, 0) is 19.7 Å². The molecule has 0 rings (SSSR count). The van der Waals surface area contributed by atoms with E-state index in [1.54, 1.807) is 0 Å². The van der Waals surface area contributed by atoms with Crippen LogP contribution in [0.25, 0.3) is 0 Å². The molecule has 154 valence electrons. The second kappa shape index (κ2) is 10.9. The van der Waals surface area contributed by atoms with Crippen LogP contribution in [0.5, 0.6) is 0 Å². The fraction of sp³-hybridized carbons (Fsp3) is 0.889. The Balaban J connectivity index is 6.45. The molecule has 0 radical (unpaired) electrons. The van der Waals surface area contributed by atoms with Crippen LogP contribution >= 0.6 is 0 Å². The lowest BCUT2D eigenvalue weighted by Crippen LogP contribution is -2.62. The van der Waals surface area contributed by atoms with E-state index in [4.69, 9.17) is 0 Å². The van der Waals surface area contributed by atoms with Crippen LogP contribution in [0.3, 0.4) is 0 Å². The van der Waals surface area contributed by atoms with Crippen molar-refractivity contribution in [2.45, 2.75) is 96.1 Å². The highest BCUT2D eigenvalue weighted by atomic mass is 32.2. The Labute approximate surface area is 156 Å². The van der Waals surface area contributed by atoms with Crippen molar-refractivity contribution < 1.29 is 32.8 Å². The Bertz CT molecular complexity index is 548. The standard InChI is InChI=1S/C18H34O7S/c1-4-7-10-11-14-18(16(21)22,26(23,24)25)17(15(19)20,12-8-5-2)13-9-6-3/h4-14H2,1-3H3,(H,19,20)(H,21,22)(H,23,24,25). The van der Waals surface area contributed by atoms with E-state index in [9.17, 15) is 32.8 Å². The highest BCUT2D eigenvalue weighted by Gasteiger charge is 2.67. The molecule has 26 heavy (non-hydrogen) atoms. The van der Waals surface area contributed by atoms with E-state index in [0.717, 1.165) is 12.8 Å². The van der Waals surface area contributed by atoms with Crippen molar-refractivity contribution in [1.82, 2.24) is 0 Å². The predicted octanol–water partition coefficient (Wildman–Crippen LogP) is 4.12. The summed E-state index contributed by atoms with van der Waals surface area (Å²) in [6, 6.07) is 0. The summed E-state index contributed by atoms with van der Waals surface area (Å²) < 4.78 is 31.9. The molecule has 0 fully saturated rings. The van der Waals surface area contributed by atoms with Crippen molar-refractivity contribution in [3.05, 3.63) is 0 Å². The zero-order valence-electron chi connectivity index (χ0n) is 16.2. The Kier molecular flexibility index (Phi) is 10.4. The number of carbonyl (C=O) groups is 2. The lowest BCUT2D eigenvalue weighted by Gasteiger charge is -2.43. The molecule has 0 aromatic rings. The Morgan fingerprint density at radius 2 is 1.19 bits per heavy atom. The molecule has 3 N–H and O–H groups in total. The van der Waals surface area contributed by atoms with E-state index in [-0.39, 0.29) is 19.3 Å². The van der Waals surface area contributed by atoms with Crippen molar-refractivity contribution >= 4 is 22.1 Å². The molecule has 0 saturated carbocycles. The summed E-state index contributed by atoms with van der Waals surface area (Å²) >= 11 is 0. The quantitative estimate of drug-likeness (QED) is 0.281. The lowest BCUT2D eigenvalue weighted by atomic mass is 9.66. The van der Waals surface area contributed by atoms with Gasteiger partial charge in [0.25, 0.3) is 10.1 Å². The number of unbranched alkanes of at least 4 members (excludes halogenated alkanes) is 5. The minimum Gasteiger partial charge on any atom is -0.481 e. The van der Waals surface area contributed by atoms with E-state index in [2.05, 4.69) is 0 Å². The Hall–Kier alpha value is -1.15. The van der Waals surface area contributed by atoms with Crippen LogP contribution in [0.1, 0.15) is 91.4 Å². The van der Waals surface area contributed by atoms with Crippen LogP contribution in [-0.4, -0.2) is 39.9 Å². The minimum absolute atomic E-state index is 0.0985. The van der Waals surface area contributed by atoms with Crippen LogP contribution in [0.15, 0.2) is 0 Å². The van der Waals surface area contributed by atoms with Crippen LogP contribution < -0.4 is 0 Å². The molecule has 0 aliphatic heterocycles. The van der Waals surface area contributed by atoms with Gasteiger partial charge in [-0.2, -0.15) is 8.42 Å². The molecule has 0 aromatic heterocycles. The van der Waals surface area contributed by atoms with Gasteiger partial charge >= 0.3 is 11.9 Å². The molecule has 0 heterocycles. The van der Waals surface area contributed by atoms with E-state index < -0.39 is 38.6 Å². The van der Waals surface area contributed by atoms with Gasteiger partial charge in [0.2, 0.25) is 4.75 Å². The molecule has 0 bridgehead atoms. The largest absolute Gasteiger partial charge is 0.481 e. The van der Waals surface area contributed by atoms with Crippen LogP contribution in [0.4, 0.5) is 0 Å². The molecule has 8 heteroatoms. The van der Waals surface area contributed by atoms with E-state index >= 15 is 0 Å². The minimum atomic E-state index is -5.16. The fourth-order valence-electron chi connectivity index (χ4n) is 3.71. The molecule has 0 aliphatic rings. The number of carboxylic acids is 2. The maximum Gasteiger partial charge on any atom is 0.328 e. The summed E-state index contributed by atoms with van der Waals surface area (Å²) in [5.41, 5.74) is -2.05. The molecule has 0 saturated heterocycles. The topological polar surface area (TPSA) is 129 Å². The summed E-state index contributed by atoms with van der Waals surface area (Å²) in [6.07, 6.45) is 3.79. The summed E-state index contributed by atoms with van der Waals surface area (Å²) in [7, 11) is -5.16. The van der Waals surface area contributed by atoms with Gasteiger partial charge in [0.15, 0.2) is 0 Å². The lowest BCUT2D eigenvalue weighted by molar-refractivity contribution is -0.162. The Morgan fingerprint density at radius 1 is 0.731 bits per heavy atom. The first kappa shape index (κ1) is 24.8. The van der Waals surface area contributed by atoms with Crippen molar-refractivity contribution in [3.63, 3.8) is 0 Å². The SMILES string of the molecule is CCCCCCC(C(=O)O)(C(CCCC)(CCCC)C(=O)O)S(=O)(=O)O. The zero-order chi connectivity index (χ0) is 20.4. The van der Waals surface area contributed by atoms with E-state index in [1.807, 2.05) is 20.8 Å². The molecule has 1 atom stereocenters. The maximum atomic E-state index is 12.3. The van der Waals surface area contributed by atoms with E-state index in [1.165, 1.54) is 0 Å². The molecule has 0 amide bonds. The fourth-order valence-corrected chi connectivity index (χ4v) is 5.12. The van der Waals surface area contributed by atoms with Gasteiger partial charge in [-0.05, 0) is 19.3 Å². The van der Waals surface area contributed by atoms with Gasteiger partial charge in [-0.15, -0.1) is 0 Å². The molecular weight excluding hydrogens is 360 g/mol. The number of carboxylic acid groups (broad SMARTS) is 2. The summed E-state index contributed by atoms with van der Waals surface area (Å²) in [5.74, 6) is -3.24. The Morgan fingerprint density at radius 3 is 1.50 bits per heavy atom. The normalized spacial score (nSPS) is 14.8. The van der Waals surface area contributed by atoms with Gasteiger partial charge in [0.05, 0.1) is 0 Å². The summed E-state index contributed by atoms with van der Waals surface area (Å²) in [5, 5.41) is 19.9. The molecule has 1 unspecified atom stereocenters. The molecule has 0 aromatic carbocycles. The first-order valence-electron chi connectivity index (χ1n) is 9.51. The van der Waals surface area contributed by atoms with Crippen LogP contribution in [0, 0.1) is 5.41 Å². The third-order valence-corrected chi connectivity index (χ3v) is 6.92. The van der Waals surface area contributed by atoms with Gasteiger partial charge in [0.1, 0.15) is 5.41 Å². The third kappa shape index (κ3) is 5.19. The highest BCUT2D eigenvalue weighted by molar-refractivity contribution is 7.88. The monoisotopic (exact) mass is 394 g/mol. The first-order valence-corrected chi connectivity index (χ1v) is 10.9.